The van der Waals surface area contributed by atoms with Crippen LogP contribution in [-0.4, -0.2) is 95.0 Å². The second kappa shape index (κ2) is 11.5. The summed E-state index contributed by atoms with van der Waals surface area (Å²) in [5, 5.41) is 44.0. The fraction of sp³-hybridized carbons (Fsp3) is 0.711. The van der Waals surface area contributed by atoms with E-state index in [0.717, 1.165) is 57.1 Å². The highest BCUT2D eigenvalue weighted by molar-refractivity contribution is 6.10. The predicted octanol–water partition coefficient (Wildman–Crippen LogP) is 4.30. The topological polar surface area (TPSA) is 120 Å². The summed E-state index contributed by atoms with van der Waals surface area (Å²) in [6.45, 7) is 6.32. The largest absolute Gasteiger partial charge is 0.497 e. The number of methoxy groups -OCH3 is 1. The molecule has 0 aromatic heterocycles. The lowest BCUT2D eigenvalue weighted by atomic mass is 9.32. The quantitative estimate of drug-likeness (QED) is 0.222. The monoisotopic (exact) mass is 635 g/mol. The van der Waals surface area contributed by atoms with E-state index in [1.54, 1.807) is 7.11 Å². The molecule has 2 spiro atoms. The fourth-order valence-electron chi connectivity index (χ4n) is 11.5. The van der Waals surface area contributed by atoms with E-state index in [1.165, 1.54) is 0 Å². The van der Waals surface area contributed by atoms with Gasteiger partial charge in [0.15, 0.2) is 5.78 Å². The number of fused-ring (bicyclic) bond motifs is 1. The van der Waals surface area contributed by atoms with Crippen LogP contribution in [0.3, 0.4) is 0 Å². The lowest BCUT2D eigenvalue weighted by molar-refractivity contribution is -0.177. The zero-order valence-electron chi connectivity index (χ0n) is 27.8. The van der Waals surface area contributed by atoms with Gasteiger partial charge in [-0.1, -0.05) is 32.1 Å². The van der Waals surface area contributed by atoms with Crippen LogP contribution in [0.2, 0.25) is 0 Å². The normalized spacial score (nSPS) is 43.2. The molecule has 0 amide bonds. The Kier molecular flexibility index (Phi) is 8.14. The first-order valence-corrected chi connectivity index (χ1v) is 17.6. The number of allylic oxidation sites excluding steroid dienone is 4. The summed E-state index contributed by atoms with van der Waals surface area (Å²) < 4.78 is 11.3. The van der Waals surface area contributed by atoms with Crippen LogP contribution in [0.15, 0.2) is 48.1 Å². The van der Waals surface area contributed by atoms with Gasteiger partial charge in [-0.3, -0.25) is 9.69 Å². The zero-order valence-corrected chi connectivity index (χ0v) is 27.8. The van der Waals surface area contributed by atoms with Gasteiger partial charge >= 0.3 is 0 Å². The third-order valence-corrected chi connectivity index (χ3v) is 14.0. The second-order valence-corrected chi connectivity index (χ2v) is 16.0. The van der Waals surface area contributed by atoms with Crippen molar-refractivity contribution in [2.45, 2.75) is 95.5 Å². The highest BCUT2D eigenvalue weighted by Crippen LogP contribution is 2.78. The second-order valence-electron chi connectivity index (χ2n) is 16.0. The number of aliphatic hydroxyl groups is 4. The number of rotatable bonds is 10. The Labute approximate surface area is 273 Å². The van der Waals surface area contributed by atoms with Gasteiger partial charge < -0.3 is 29.9 Å². The Morgan fingerprint density at radius 1 is 1.04 bits per heavy atom. The molecule has 8 heteroatoms. The molecule has 46 heavy (non-hydrogen) atoms. The van der Waals surface area contributed by atoms with E-state index >= 15 is 0 Å². The number of Topliss-reactive ketones (excluding diaryl/α,β-unsaturated/α-hetero) is 1. The maximum absolute atomic E-state index is 14.7. The van der Waals surface area contributed by atoms with Crippen LogP contribution in [-0.2, 0) is 4.74 Å². The van der Waals surface area contributed by atoms with E-state index in [4.69, 9.17) is 9.47 Å². The summed E-state index contributed by atoms with van der Waals surface area (Å²) >= 11 is 0. The number of ketones is 1. The van der Waals surface area contributed by atoms with Crippen molar-refractivity contribution >= 4 is 5.78 Å². The number of benzene rings is 1. The van der Waals surface area contributed by atoms with Crippen LogP contribution in [0.4, 0.5) is 0 Å². The van der Waals surface area contributed by atoms with E-state index in [2.05, 4.69) is 37.0 Å². The third-order valence-electron chi connectivity index (χ3n) is 14.0. The molecule has 10 atom stereocenters. The average molecular weight is 636 g/mol. The number of hydrogen-bond donors (Lipinski definition) is 4. The van der Waals surface area contributed by atoms with E-state index in [-0.39, 0.29) is 47.7 Å². The molecule has 1 heterocycles. The van der Waals surface area contributed by atoms with Crippen molar-refractivity contribution in [2.24, 2.45) is 33.5 Å². The Morgan fingerprint density at radius 3 is 2.46 bits per heavy atom. The SMILES string of the molecule is COc1ccc(C(=O)C2=CC34C=CC25C(CCC2(C)C5CCC2(O)CN(CC(O)CO)CC2CCCO2)C3(C)CCC(O)C4)cc1. The predicted molar refractivity (Wildman–Crippen MR) is 174 cm³/mol. The number of nitrogens with zero attached hydrogens (tertiary/aromatic N) is 1. The zero-order chi connectivity index (χ0) is 32.5. The summed E-state index contributed by atoms with van der Waals surface area (Å²) in [6, 6.07) is 7.40. The molecule has 252 valence electrons. The molecule has 8 rings (SSSR count). The van der Waals surface area contributed by atoms with E-state index in [1.807, 2.05) is 24.3 Å². The van der Waals surface area contributed by atoms with Crippen LogP contribution >= 0.6 is 0 Å². The first-order valence-electron chi connectivity index (χ1n) is 17.6. The lowest BCUT2D eigenvalue weighted by Crippen LogP contribution is -2.67. The van der Waals surface area contributed by atoms with Crippen molar-refractivity contribution in [1.82, 2.24) is 4.90 Å². The van der Waals surface area contributed by atoms with Crippen LogP contribution in [0.25, 0.3) is 0 Å². The van der Waals surface area contributed by atoms with Crippen molar-refractivity contribution in [3.05, 3.63) is 53.6 Å². The minimum atomic E-state index is -1.04. The van der Waals surface area contributed by atoms with Crippen molar-refractivity contribution in [2.75, 3.05) is 40.0 Å². The maximum Gasteiger partial charge on any atom is 0.189 e. The average Bonchev–Trinajstić information content (AvgIpc) is 3.65. The Bertz CT molecular complexity index is 1390. The highest BCUT2D eigenvalue weighted by Gasteiger charge is 2.74. The Morgan fingerprint density at radius 2 is 1.76 bits per heavy atom. The molecule has 1 saturated heterocycles. The van der Waals surface area contributed by atoms with Gasteiger partial charge in [0.1, 0.15) is 5.75 Å². The highest BCUT2D eigenvalue weighted by atomic mass is 16.5. The molecule has 1 aromatic rings. The molecule has 7 aliphatic rings. The number of ether oxygens (including phenoxy) is 2. The minimum Gasteiger partial charge on any atom is -0.497 e. The third kappa shape index (κ3) is 4.65. The minimum absolute atomic E-state index is 0.0317. The molecule has 0 radical (unpaired) electrons. The molecule has 6 aliphatic carbocycles. The summed E-state index contributed by atoms with van der Waals surface area (Å²) in [4.78, 5) is 16.8. The molecule has 2 bridgehead atoms. The van der Waals surface area contributed by atoms with Gasteiger partial charge in [-0.2, -0.15) is 0 Å². The van der Waals surface area contributed by atoms with Gasteiger partial charge in [-0.05, 0) is 99.3 Å². The van der Waals surface area contributed by atoms with Gasteiger partial charge in [0, 0.05) is 53.6 Å². The van der Waals surface area contributed by atoms with Gasteiger partial charge in [0.05, 0.1) is 37.6 Å². The molecule has 4 fully saturated rings. The standard InChI is InChI=1S/C38H53NO7/c1-34-13-10-26(41)19-36(34)16-17-38(30(20-36)33(43)25-6-8-28(45-3)9-7-25)31(34)11-14-35(2)32(38)12-15-37(35,44)24-39(21-27(42)23-40)22-29-5-4-18-46-29/h6-9,16-17,20,26-27,29,31-32,40-42,44H,4-5,10-15,18-19,21-24H2,1-3H3. The van der Waals surface area contributed by atoms with E-state index in [0.29, 0.717) is 37.2 Å². The van der Waals surface area contributed by atoms with Gasteiger partial charge in [-0.25, -0.2) is 0 Å². The summed E-state index contributed by atoms with van der Waals surface area (Å²) in [6.07, 6.45) is 13.1. The van der Waals surface area contributed by atoms with Crippen LogP contribution in [0.5, 0.6) is 5.75 Å². The first kappa shape index (κ1) is 32.5. The number of carbonyl (C=O) groups is 1. The number of carbonyl (C=O) groups excluding carboxylic acids is 1. The van der Waals surface area contributed by atoms with E-state index < -0.39 is 28.6 Å². The molecular weight excluding hydrogens is 582 g/mol. The van der Waals surface area contributed by atoms with Crippen molar-refractivity contribution in [3.63, 3.8) is 0 Å². The van der Waals surface area contributed by atoms with Crippen LogP contribution in [0, 0.1) is 33.5 Å². The molecule has 8 nitrogen and oxygen atoms in total. The summed E-state index contributed by atoms with van der Waals surface area (Å²) in [5.41, 5.74) is -1.05. The van der Waals surface area contributed by atoms with Crippen molar-refractivity contribution < 1.29 is 34.7 Å². The summed E-state index contributed by atoms with van der Waals surface area (Å²) in [5.74, 6) is 1.00. The van der Waals surface area contributed by atoms with Gasteiger partial charge in [0.2, 0.25) is 0 Å². The Balaban J connectivity index is 1.29. The molecular formula is C38H53NO7. The van der Waals surface area contributed by atoms with Gasteiger partial charge in [-0.15, -0.1) is 0 Å². The maximum atomic E-state index is 14.7. The summed E-state index contributed by atoms with van der Waals surface area (Å²) in [7, 11) is 1.62. The molecule has 3 saturated carbocycles. The van der Waals surface area contributed by atoms with Gasteiger partial charge in [0.25, 0.3) is 0 Å². The molecule has 10 unspecified atom stereocenters. The van der Waals surface area contributed by atoms with Crippen molar-refractivity contribution in [3.8, 4) is 5.75 Å². The van der Waals surface area contributed by atoms with Crippen LogP contribution in [0.1, 0.15) is 82.0 Å². The van der Waals surface area contributed by atoms with Crippen LogP contribution < -0.4 is 4.74 Å². The first-order chi connectivity index (χ1) is 21.9. The van der Waals surface area contributed by atoms with Crippen molar-refractivity contribution in [1.29, 1.82) is 0 Å². The fourth-order valence-corrected chi connectivity index (χ4v) is 11.5. The smallest absolute Gasteiger partial charge is 0.189 e. The molecule has 1 aliphatic heterocycles. The lowest BCUT2D eigenvalue weighted by Gasteiger charge is -2.71. The molecule has 4 N–H and O–H groups in total. The van der Waals surface area contributed by atoms with E-state index in [9.17, 15) is 25.2 Å². The molecule has 1 aromatic carbocycles. The Hall–Kier alpha value is -2.07. The number of aliphatic hydroxyl groups excluding tert-OH is 3. The number of hydrogen-bond acceptors (Lipinski definition) is 8.